The molecule has 0 saturated carbocycles. The number of urea groups is 1. The van der Waals surface area contributed by atoms with Crippen LogP contribution in [0.2, 0.25) is 0 Å². The van der Waals surface area contributed by atoms with Crippen LogP contribution in [0.3, 0.4) is 0 Å². The van der Waals surface area contributed by atoms with Gasteiger partial charge in [-0.3, -0.25) is 20.2 Å². The third-order valence-corrected chi connectivity index (χ3v) is 7.91. The van der Waals surface area contributed by atoms with Gasteiger partial charge in [0.25, 0.3) is 0 Å². The van der Waals surface area contributed by atoms with Gasteiger partial charge in [-0.15, -0.1) is 0 Å². The van der Waals surface area contributed by atoms with Crippen LogP contribution in [0.4, 0.5) is 4.79 Å². The van der Waals surface area contributed by atoms with Gasteiger partial charge in [0.05, 0.1) is 0 Å². The number of aromatic hydroxyl groups is 2. The van der Waals surface area contributed by atoms with E-state index in [2.05, 4.69) is 10.6 Å². The quantitative estimate of drug-likeness (QED) is 0.320. The van der Waals surface area contributed by atoms with Crippen molar-refractivity contribution in [1.82, 2.24) is 10.6 Å². The van der Waals surface area contributed by atoms with Gasteiger partial charge < -0.3 is 10.2 Å². The summed E-state index contributed by atoms with van der Waals surface area (Å²) < 4.78 is 0. The Morgan fingerprint density at radius 3 is 1.00 bits per heavy atom. The Morgan fingerprint density at radius 2 is 0.780 bits per heavy atom. The number of imide groups is 2. The van der Waals surface area contributed by atoms with Crippen LogP contribution in [-0.2, 0) is 44.1 Å². The summed E-state index contributed by atoms with van der Waals surface area (Å²) in [4.78, 5) is 39.6. The number of carbonyl (C=O) groups excluding carboxylic acids is 3. The topological polar surface area (TPSA) is 116 Å². The lowest BCUT2D eigenvalue weighted by atomic mass is 9.70. The van der Waals surface area contributed by atoms with Crippen molar-refractivity contribution >= 4 is 17.8 Å². The van der Waals surface area contributed by atoms with E-state index in [9.17, 15) is 24.6 Å². The minimum atomic E-state index is -1.64. The summed E-state index contributed by atoms with van der Waals surface area (Å²) in [5.74, 6) is -0.925. The molecule has 1 aliphatic rings. The number of barbiturate groups is 1. The summed E-state index contributed by atoms with van der Waals surface area (Å²) in [5.41, 5.74) is 1.05. The second-order valence-electron chi connectivity index (χ2n) is 15.8. The molecular formula is C34H48N2O5. The summed E-state index contributed by atoms with van der Waals surface area (Å²) >= 11 is 0. The highest BCUT2D eigenvalue weighted by atomic mass is 16.3. The van der Waals surface area contributed by atoms with Gasteiger partial charge in [0.1, 0.15) is 16.9 Å². The molecule has 0 bridgehead atoms. The molecule has 2 aromatic rings. The molecule has 0 radical (unpaired) electrons. The molecule has 1 aliphatic heterocycles. The maximum absolute atomic E-state index is 13.7. The van der Waals surface area contributed by atoms with Crippen LogP contribution in [0.15, 0.2) is 24.3 Å². The van der Waals surface area contributed by atoms with Crippen LogP contribution in [0.25, 0.3) is 0 Å². The molecule has 1 saturated heterocycles. The summed E-state index contributed by atoms with van der Waals surface area (Å²) in [6, 6.07) is 6.61. The van der Waals surface area contributed by atoms with Gasteiger partial charge in [-0.05, 0) is 67.9 Å². The molecule has 0 atom stereocenters. The first-order valence-corrected chi connectivity index (χ1v) is 14.3. The number of phenols is 2. The van der Waals surface area contributed by atoms with Crippen molar-refractivity contribution in [3.63, 3.8) is 0 Å². The van der Waals surface area contributed by atoms with Crippen molar-refractivity contribution in [2.75, 3.05) is 0 Å². The van der Waals surface area contributed by atoms with Crippen LogP contribution in [0, 0.1) is 5.41 Å². The Bertz CT molecular complexity index is 1220. The lowest BCUT2D eigenvalue weighted by Gasteiger charge is -2.36. The van der Waals surface area contributed by atoms with Gasteiger partial charge in [0, 0.05) is 0 Å². The minimum absolute atomic E-state index is 0.0148. The Kier molecular flexibility index (Phi) is 7.99. The van der Waals surface area contributed by atoms with Gasteiger partial charge in [0.2, 0.25) is 11.8 Å². The van der Waals surface area contributed by atoms with Gasteiger partial charge in [-0.1, -0.05) is 107 Å². The number of amides is 4. The van der Waals surface area contributed by atoms with Crippen molar-refractivity contribution < 1.29 is 24.6 Å². The molecule has 0 aliphatic carbocycles. The lowest BCUT2D eigenvalue weighted by molar-refractivity contribution is -0.144. The molecule has 1 heterocycles. The van der Waals surface area contributed by atoms with E-state index in [0.29, 0.717) is 11.1 Å². The molecule has 224 valence electrons. The summed E-state index contributed by atoms with van der Waals surface area (Å²) in [5, 5.41) is 27.2. The third kappa shape index (κ3) is 6.44. The molecule has 1 fully saturated rings. The zero-order valence-electron chi connectivity index (χ0n) is 26.8. The number of hydrogen-bond donors (Lipinski definition) is 4. The molecule has 0 spiro atoms. The predicted octanol–water partition coefficient (Wildman–Crippen LogP) is 6.43. The van der Waals surface area contributed by atoms with Crippen molar-refractivity contribution in [3.05, 3.63) is 57.6 Å². The Labute approximate surface area is 245 Å². The molecule has 4 N–H and O–H groups in total. The fraction of sp³-hybridized carbons (Fsp3) is 0.559. The van der Waals surface area contributed by atoms with Crippen molar-refractivity contribution in [1.29, 1.82) is 0 Å². The first kappa shape index (κ1) is 32.2. The molecule has 4 amide bonds. The third-order valence-electron chi connectivity index (χ3n) is 7.91. The van der Waals surface area contributed by atoms with Gasteiger partial charge in [0.15, 0.2) is 0 Å². The Balaban J connectivity index is 2.30. The summed E-state index contributed by atoms with van der Waals surface area (Å²) in [6.45, 7) is 24.1. The molecular weight excluding hydrogens is 516 g/mol. The largest absolute Gasteiger partial charge is 0.507 e. The van der Waals surface area contributed by atoms with E-state index in [1.165, 1.54) is 0 Å². The van der Waals surface area contributed by atoms with E-state index < -0.39 is 44.9 Å². The summed E-state index contributed by atoms with van der Waals surface area (Å²) in [7, 11) is 0. The molecule has 7 nitrogen and oxygen atoms in total. The first-order valence-electron chi connectivity index (χ1n) is 14.3. The average molecular weight is 565 g/mol. The van der Waals surface area contributed by atoms with Crippen LogP contribution >= 0.6 is 0 Å². The number of nitrogens with one attached hydrogen (secondary N) is 2. The molecule has 0 aromatic heterocycles. The van der Waals surface area contributed by atoms with Gasteiger partial charge in [-0.25, -0.2) is 4.79 Å². The highest BCUT2D eigenvalue weighted by molar-refractivity contribution is 6.19. The maximum atomic E-state index is 13.7. The lowest BCUT2D eigenvalue weighted by Crippen LogP contribution is -2.64. The normalized spacial score (nSPS) is 16.4. The van der Waals surface area contributed by atoms with Crippen LogP contribution in [-0.4, -0.2) is 28.1 Å². The minimum Gasteiger partial charge on any atom is -0.507 e. The number of hydrogen-bond acceptors (Lipinski definition) is 5. The molecule has 7 heteroatoms. The number of phenolic OH excluding ortho intramolecular Hbond substituents is 2. The first-order chi connectivity index (χ1) is 18.4. The second-order valence-corrected chi connectivity index (χ2v) is 15.8. The highest BCUT2D eigenvalue weighted by Gasteiger charge is 2.51. The maximum Gasteiger partial charge on any atom is 0.328 e. The molecule has 0 unspecified atom stereocenters. The smallest absolute Gasteiger partial charge is 0.328 e. The monoisotopic (exact) mass is 564 g/mol. The molecule has 3 rings (SSSR count). The zero-order valence-corrected chi connectivity index (χ0v) is 26.8. The highest BCUT2D eigenvalue weighted by Crippen LogP contribution is 2.44. The number of rotatable bonds is 4. The number of benzene rings is 2. The predicted molar refractivity (Wildman–Crippen MR) is 163 cm³/mol. The van der Waals surface area contributed by atoms with E-state index in [1.54, 1.807) is 0 Å². The van der Waals surface area contributed by atoms with Gasteiger partial charge in [-0.2, -0.15) is 0 Å². The molecule has 41 heavy (non-hydrogen) atoms. The average Bonchev–Trinajstić information content (AvgIpc) is 2.76. The van der Waals surface area contributed by atoms with E-state index >= 15 is 0 Å². The fourth-order valence-electron chi connectivity index (χ4n) is 5.54. The van der Waals surface area contributed by atoms with E-state index in [-0.39, 0.29) is 24.3 Å². The SMILES string of the molecule is CC(C)(C)c1cc(CC2(Cc3cc(C(C)(C)C)c(O)c(C(C)(C)C)c3)C(=O)NC(=O)NC2=O)cc(C(C)(C)C)c1O. The Morgan fingerprint density at radius 1 is 0.537 bits per heavy atom. The van der Waals surface area contributed by atoms with E-state index in [4.69, 9.17) is 0 Å². The van der Waals surface area contributed by atoms with Crippen LogP contribution in [0.1, 0.15) is 116 Å². The van der Waals surface area contributed by atoms with Crippen LogP contribution < -0.4 is 10.6 Å². The van der Waals surface area contributed by atoms with Gasteiger partial charge >= 0.3 is 6.03 Å². The van der Waals surface area contributed by atoms with Crippen molar-refractivity contribution in [2.24, 2.45) is 5.41 Å². The van der Waals surface area contributed by atoms with Crippen molar-refractivity contribution in [3.8, 4) is 11.5 Å². The van der Waals surface area contributed by atoms with Crippen LogP contribution in [0.5, 0.6) is 11.5 Å². The standard InChI is InChI=1S/C34H48N2O5/c1-30(2,3)21-13-19(14-22(25(21)37)31(4,5)6)17-34(27(39)35-29(41)36-28(34)40)18-20-15-23(32(7,8)9)26(38)24(16-20)33(10,11)12/h13-16,37-38H,17-18H2,1-12H3,(H2,35,36,39,40,41). The Hall–Kier alpha value is -3.35. The summed E-state index contributed by atoms with van der Waals surface area (Å²) in [6.07, 6.45) is 0.0297. The second kappa shape index (κ2) is 10.2. The fourth-order valence-corrected chi connectivity index (χ4v) is 5.54. The zero-order chi connectivity index (χ0) is 31.5. The number of carbonyl (C=O) groups is 3. The molecule has 2 aromatic carbocycles. The van der Waals surface area contributed by atoms with E-state index in [0.717, 1.165) is 22.3 Å². The van der Waals surface area contributed by atoms with E-state index in [1.807, 2.05) is 107 Å². The van der Waals surface area contributed by atoms with Crippen molar-refractivity contribution in [2.45, 2.75) is 118 Å².